The smallest absolute Gasteiger partial charge is 0.124 e. The van der Waals surface area contributed by atoms with Gasteiger partial charge in [0.2, 0.25) is 0 Å². The molecule has 0 aliphatic heterocycles. The average molecular weight is 211 g/mol. The number of benzene rings is 1. The van der Waals surface area contributed by atoms with E-state index < -0.39 is 12.2 Å². The van der Waals surface area contributed by atoms with Crippen molar-refractivity contribution in [3.63, 3.8) is 0 Å². The molecule has 0 saturated heterocycles. The molecular formula is C11H17NO3. The molecule has 2 unspecified atom stereocenters. The fourth-order valence-corrected chi connectivity index (χ4v) is 1.46. The first-order valence-corrected chi connectivity index (χ1v) is 4.92. The van der Waals surface area contributed by atoms with Crippen LogP contribution in [0.5, 0.6) is 5.75 Å². The summed E-state index contributed by atoms with van der Waals surface area (Å²) in [7, 11) is 0. The van der Waals surface area contributed by atoms with Crippen LogP contribution in [-0.2, 0) is 0 Å². The summed E-state index contributed by atoms with van der Waals surface area (Å²) in [5, 5.41) is 29.0. The van der Waals surface area contributed by atoms with Crippen LogP contribution >= 0.6 is 0 Å². The van der Waals surface area contributed by atoms with Crippen LogP contribution in [0.3, 0.4) is 0 Å². The quantitative estimate of drug-likeness (QED) is 0.582. The number of hydrogen-bond acceptors (Lipinski definition) is 4. The van der Waals surface area contributed by atoms with E-state index in [-0.39, 0.29) is 5.75 Å². The van der Waals surface area contributed by atoms with Gasteiger partial charge in [-0.3, -0.25) is 0 Å². The molecule has 0 fully saturated rings. The monoisotopic (exact) mass is 211 g/mol. The Kier molecular flexibility index (Phi) is 4.08. The SMILES string of the molecule is Cc1cccc(C(O)C(O)CCN)c1O. The van der Waals surface area contributed by atoms with E-state index in [4.69, 9.17) is 5.73 Å². The van der Waals surface area contributed by atoms with Gasteiger partial charge in [0.15, 0.2) is 0 Å². The lowest BCUT2D eigenvalue weighted by molar-refractivity contribution is 0.0137. The van der Waals surface area contributed by atoms with Crippen molar-refractivity contribution >= 4 is 0 Å². The number of aryl methyl sites for hydroxylation is 1. The van der Waals surface area contributed by atoms with Gasteiger partial charge in [-0.1, -0.05) is 18.2 Å². The molecule has 5 N–H and O–H groups in total. The first-order valence-electron chi connectivity index (χ1n) is 4.92. The molecule has 1 aromatic carbocycles. The molecule has 0 aromatic heterocycles. The zero-order valence-corrected chi connectivity index (χ0v) is 8.72. The molecule has 0 heterocycles. The van der Waals surface area contributed by atoms with Crippen LogP contribution in [-0.4, -0.2) is 28.0 Å². The van der Waals surface area contributed by atoms with Crippen molar-refractivity contribution in [1.82, 2.24) is 0 Å². The van der Waals surface area contributed by atoms with Crippen LogP contribution in [0.15, 0.2) is 18.2 Å². The molecule has 4 heteroatoms. The highest BCUT2D eigenvalue weighted by molar-refractivity contribution is 5.41. The summed E-state index contributed by atoms with van der Waals surface area (Å²) >= 11 is 0. The Morgan fingerprint density at radius 1 is 1.33 bits per heavy atom. The van der Waals surface area contributed by atoms with Gasteiger partial charge in [-0.15, -0.1) is 0 Å². The summed E-state index contributed by atoms with van der Waals surface area (Å²) in [5.41, 5.74) is 6.30. The topological polar surface area (TPSA) is 86.7 Å². The van der Waals surface area contributed by atoms with Crippen LogP contribution in [0, 0.1) is 6.92 Å². The second-order valence-electron chi connectivity index (χ2n) is 3.60. The number of para-hydroxylation sites is 1. The summed E-state index contributed by atoms with van der Waals surface area (Å²) in [4.78, 5) is 0. The molecule has 0 aliphatic carbocycles. The standard InChI is InChI=1S/C11H17NO3/c1-7-3-2-4-8(10(7)14)11(15)9(13)5-6-12/h2-4,9,11,13-15H,5-6,12H2,1H3. The van der Waals surface area contributed by atoms with Gasteiger partial charge in [0, 0.05) is 5.56 Å². The summed E-state index contributed by atoms with van der Waals surface area (Å²) in [6.45, 7) is 2.03. The van der Waals surface area contributed by atoms with Gasteiger partial charge in [-0.25, -0.2) is 0 Å². The largest absolute Gasteiger partial charge is 0.507 e. The van der Waals surface area contributed by atoms with Crippen molar-refractivity contribution in [1.29, 1.82) is 0 Å². The van der Waals surface area contributed by atoms with E-state index in [1.807, 2.05) is 0 Å². The molecule has 0 spiro atoms. The lowest BCUT2D eigenvalue weighted by atomic mass is 9.99. The number of rotatable bonds is 4. The van der Waals surface area contributed by atoms with Crippen LogP contribution in [0.2, 0.25) is 0 Å². The van der Waals surface area contributed by atoms with Crippen molar-refractivity contribution in [3.8, 4) is 5.75 Å². The number of aliphatic hydroxyl groups is 2. The molecule has 84 valence electrons. The average Bonchev–Trinajstić information content (AvgIpc) is 2.21. The van der Waals surface area contributed by atoms with E-state index in [0.717, 1.165) is 0 Å². The first-order chi connectivity index (χ1) is 7.07. The molecule has 1 aromatic rings. The van der Waals surface area contributed by atoms with Crippen molar-refractivity contribution in [2.24, 2.45) is 5.73 Å². The minimum Gasteiger partial charge on any atom is -0.507 e. The highest BCUT2D eigenvalue weighted by Crippen LogP contribution is 2.29. The third-order valence-electron chi connectivity index (χ3n) is 2.41. The normalized spacial score (nSPS) is 14.9. The fourth-order valence-electron chi connectivity index (χ4n) is 1.46. The van der Waals surface area contributed by atoms with Crippen molar-refractivity contribution in [2.75, 3.05) is 6.54 Å². The predicted octanol–water partition coefficient (Wildman–Crippen LogP) is 0.444. The van der Waals surface area contributed by atoms with E-state index in [9.17, 15) is 15.3 Å². The Bertz CT molecular complexity index is 328. The molecule has 2 atom stereocenters. The Morgan fingerprint density at radius 3 is 2.60 bits per heavy atom. The number of aliphatic hydroxyl groups excluding tert-OH is 2. The molecule has 0 bridgehead atoms. The maximum atomic E-state index is 9.76. The van der Waals surface area contributed by atoms with Crippen molar-refractivity contribution in [3.05, 3.63) is 29.3 Å². The zero-order valence-electron chi connectivity index (χ0n) is 8.72. The number of nitrogens with two attached hydrogens (primary N) is 1. The van der Waals surface area contributed by atoms with E-state index in [0.29, 0.717) is 24.1 Å². The Balaban J connectivity index is 2.90. The first kappa shape index (κ1) is 12.0. The van der Waals surface area contributed by atoms with Crippen LogP contribution < -0.4 is 5.73 Å². The maximum Gasteiger partial charge on any atom is 0.124 e. The molecule has 4 nitrogen and oxygen atoms in total. The summed E-state index contributed by atoms with van der Waals surface area (Å²) < 4.78 is 0. The van der Waals surface area contributed by atoms with Gasteiger partial charge in [-0.2, -0.15) is 0 Å². The van der Waals surface area contributed by atoms with E-state index >= 15 is 0 Å². The van der Waals surface area contributed by atoms with Crippen LogP contribution in [0.1, 0.15) is 23.7 Å². The third-order valence-corrected chi connectivity index (χ3v) is 2.41. The van der Waals surface area contributed by atoms with Gasteiger partial charge in [0.25, 0.3) is 0 Å². The minimum atomic E-state index is -1.09. The zero-order chi connectivity index (χ0) is 11.4. The van der Waals surface area contributed by atoms with E-state index in [2.05, 4.69) is 0 Å². The Hall–Kier alpha value is -1.10. The molecular weight excluding hydrogens is 194 g/mol. The second-order valence-corrected chi connectivity index (χ2v) is 3.60. The number of phenols is 1. The summed E-state index contributed by atoms with van der Waals surface area (Å²) in [5.74, 6) is 0.0288. The molecule has 0 saturated carbocycles. The van der Waals surface area contributed by atoms with Gasteiger partial charge >= 0.3 is 0 Å². The molecule has 0 amide bonds. The van der Waals surface area contributed by atoms with E-state index in [1.165, 1.54) is 0 Å². The molecule has 15 heavy (non-hydrogen) atoms. The summed E-state index contributed by atoms with van der Waals surface area (Å²) in [6.07, 6.45) is -1.73. The van der Waals surface area contributed by atoms with Gasteiger partial charge in [0.1, 0.15) is 11.9 Å². The minimum absolute atomic E-state index is 0.0288. The highest BCUT2D eigenvalue weighted by atomic mass is 16.3. The van der Waals surface area contributed by atoms with Gasteiger partial charge < -0.3 is 21.1 Å². The van der Waals surface area contributed by atoms with Crippen molar-refractivity contribution < 1.29 is 15.3 Å². The Labute approximate surface area is 89.0 Å². The number of phenolic OH excluding ortho intramolecular Hbond substituents is 1. The highest BCUT2D eigenvalue weighted by Gasteiger charge is 2.20. The molecule has 0 aliphatic rings. The third kappa shape index (κ3) is 2.68. The predicted molar refractivity (Wildman–Crippen MR) is 57.5 cm³/mol. The lowest BCUT2D eigenvalue weighted by Gasteiger charge is -2.19. The molecule has 1 rings (SSSR count). The van der Waals surface area contributed by atoms with Gasteiger partial charge in [0.05, 0.1) is 6.10 Å². The number of aromatic hydroxyl groups is 1. The maximum absolute atomic E-state index is 9.76. The lowest BCUT2D eigenvalue weighted by Crippen LogP contribution is -2.21. The van der Waals surface area contributed by atoms with E-state index in [1.54, 1.807) is 25.1 Å². The fraction of sp³-hybridized carbons (Fsp3) is 0.455. The molecule has 0 radical (unpaired) electrons. The van der Waals surface area contributed by atoms with Crippen molar-refractivity contribution in [2.45, 2.75) is 25.6 Å². The summed E-state index contributed by atoms with van der Waals surface area (Å²) in [6, 6.07) is 5.05. The Morgan fingerprint density at radius 2 is 2.00 bits per heavy atom. The van der Waals surface area contributed by atoms with Crippen LogP contribution in [0.25, 0.3) is 0 Å². The van der Waals surface area contributed by atoms with Gasteiger partial charge in [-0.05, 0) is 25.5 Å². The second kappa shape index (κ2) is 5.11. The van der Waals surface area contributed by atoms with Crippen LogP contribution in [0.4, 0.5) is 0 Å². The number of hydrogen-bond donors (Lipinski definition) is 4.